The molecule has 0 spiro atoms. The minimum atomic E-state index is -3.55. The highest BCUT2D eigenvalue weighted by Crippen LogP contribution is 2.25. The van der Waals surface area contributed by atoms with E-state index in [1.807, 2.05) is 38.1 Å². The van der Waals surface area contributed by atoms with Gasteiger partial charge in [-0.25, -0.2) is 8.42 Å². The predicted octanol–water partition coefficient (Wildman–Crippen LogP) is 2.52. The third-order valence-electron chi connectivity index (χ3n) is 5.88. The van der Waals surface area contributed by atoms with Crippen LogP contribution in [0.1, 0.15) is 39.5 Å². The summed E-state index contributed by atoms with van der Waals surface area (Å²) in [7, 11) is -3.55. The molecule has 2 atom stereocenters. The van der Waals surface area contributed by atoms with Crippen LogP contribution in [0.25, 0.3) is 11.3 Å². The van der Waals surface area contributed by atoms with E-state index in [2.05, 4.69) is 30.7 Å². The molecular weight excluding hydrogens is 400 g/mol. The van der Waals surface area contributed by atoms with Crippen LogP contribution < -0.4 is 20.5 Å². The van der Waals surface area contributed by atoms with E-state index >= 15 is 0 Å². The lowest BCUT2D eigenvalue weighted by molar-refractivity contribution is 0.564. The molecule has 9 heteroatoms. The molecule has 4 rings (SSSR count). The minimum absolute atomic E-state index is 0.182. The average molecular weight is 431 g/mol. The molecule has 2 aliphatic rings. The van der Waals surface area contributed by atoms with Gasteiger partial charge in [0.05, 0.1) is 5.69 Å². The zero-order valence-corrected chi connectivity index (χ0v) is 18.3. The number of anilines is 2. The van der Waals surface area contributed by atoms with E-state index in [0.717, 1.165) is 30.2 Å². The SMILES string of the molecule is CC1NNC(C)C1S(=O)(=O)Nc1cccc(-c2ccc(N3CCCCCC3)nn2)c1. The number of nitrogens with one attached hydrogen (secondary N) is 3. The van der Waals surface area contributed by atoms with Crippen LogP contribution in [0.15, 0.2) is 36.4 Å². The van der Waals surface area contributed by atoms with Gasteiger partial charge in [-0.3, -0.25) is 15.6 Å². The van der Waals surface area contributed by atoms with Crippen LogP contribution >= 0.6 is 0 Å². The van der Waals surface area contributed by atoms with Crippen LogP contribution in [-0.4, -0.2) is 49.0 Å². The number of benzene rings is 1. The summed E-state index contributed by atoms with van der Waals surface area (Å²) in [4.78, 5) is 2.29. The molecule has 2 aliphatic heterocycles. The summed E-state index contributed by atoms with van der Waals surface area (Å²) < 4.78 is 28.5. The molecule has 3 heterocycles. The molecule has 2 unspecified atom stereocenters. The lowest BCUT2D eigenvalue weighted by Gasteiger charge is -2.21. The van der Waals surface area contributed by atoms with E-state index in [4.69, 9.17) is 0 Å². The lowest BCUT2D eigenvalue weighted by atomic mass is 10.1. The average Bonchev–Trinajstić information content (AvgIpc) is 2.93. The number of aromatic nitrogens is 2. The molecule has 0 radical (unpaired) electrons. The van der Waals surface area contributed by atoms with Gasteiger partial charge in [-0.05, 0) is 51.0 Å². The topological polar surface area (TPSA) is 99.2 Å². The second-order valence-corrected chi connectivity index (χ2v) is 10.1. The number of hydrogen-bond acceptors (Lipinski definition) is 7. The number of hydrogen-bond donors (Lipinski definition) is 3. The van der Waals surface area contributed by atoms with Crippen LogP contribution in [0.4, 0.5) is 11.5 Å². The maximum Gasteiger partial charge on any atom is 0.238 e. The number of rotatable bonds is 5. The number of nitrogens with zero attached hydrogens (tertiary/aromatic N) is 3. The van der Waals surface area contributed by atoms with Crippen molar-refractivity contribution < 1.29 is 8.42 Å². The molecule has 3 N–H and O–H groups in total. The first-order valence-electron chi connectivity index (χ1n) is 10.7. The van der Waals surface area contributed by atoms with Crippen molar-refractivity contribution in [3.8, 4) is 11.3 Å². The predicted molar refractivity (Wildman–Crippen MR) is 120 cm³/mol. The van der Waals surface area contributed by atoms with Gasteiger partial charge in [-0.15, -0.1) is 10.2 Å². The van der Waals surface area contributed by atoms with Gasteiger partial charge in [0.1, 0.15) is 5.25 Å². The molecule has 0 aliphatic carbocycles. The molecule has 0 amide bonds. The molecule has 2 saturated heterocycles. The van der Waals surface area contributed by atoms with Crippen LogP contribution in [0.5, 0.6) is 0 Å². The zero-order valence-electron chi connectivity index (χ0n) is 17.5. The first-order valence-corrected chi connectivity index (χ1v) is 12.2. The van der Waals surface area contributed by atoms with Crippen molar-refractivity contribution in [2.45, 2.75) is 56.9 Å². The molecule has 2 aromatic rings. The monoisotopic (exact) mass is 430 g/mol. The highest BCUT2D eigenvalue weighted by Gasteiger charge is 2.40. The van der Waals surface area contributed by atoms with Gasteiger partial charge in [-0.2, -0.15) is 0 Å². The van der Waals surface area contributed by atoms with Crippen molar-refractivity contribution in [1.29, 1.82) is 0 Å². The summed E-state index contributed by atoms with van der Waals surface area (Å²) in [5.41, 5.74) is 8.06. The van der Waals surface area contributed by atoms with Crippen molar-refractivity contribution in [3.63, 3.8) is 0 Å². The van der Waals surface area contributed by atoms with Crippen molar-refractivity contribution in [1.82, 2.24) is 21.0 Å². The smallest absolute Gasteiger partial charge is 0.238 e. The Hall–Kier alpha value is -2.23. The summed E-state index contributed by atoms with van der Waals surface area (Å²) in [6.07, 6.45) is 4.92. The molecular formula is C21H30N6O2S. The fourth-order valence-corrected chi connectivity index (χ4v) is 6.12. The Morgan fingerprint density at radius 3 is 2.30 bits per heavy atom. The third-order valence-corrected chi connectivity index (χ3v) is 7.93. The lowest BCUT2D eigenvalue weighted by Crippen LogP contribution is -2.41. The second kappa shape index (κ2) is 8.87. The zero-order chi connectivity index (χ0) is 21.1. The van der Waals surface area contributed by atoms with Gasteiger partial charge < -0.3 is 4.90 Å². The molecule has 30 heavy (non-hydrogen) atoms. The fourth-order valence-electron chi connectivity index (χ4n) is 4.32. The first-order chi connectivity index (χ1) is 14.4. The summed E-state index contributed by atoms with van der Waals surface area (Å²) in [5.74, 6) is 0.904. The van der Waals surface area contributed by atoms with Gasteiger partial charge in [0.15, 0.2) is 5.82 Å². The van der Waals surface area contributed by atoms with Crippen molar-refractivity contribution in [3.05, 3.63) is 36.4 Å². The highest BCUT2D eigenvalue weighted by atomic mass is 32.2. The van der Waals surface area contributed by atoms with Crippen LogP contribution in [0.2, 0.25) is 0 Å². The maximum absolute atomic E-state index is 12.9. The van der Waals surface area contributed by atoms with E-state index in [1.54, 1.807) is 12.1 Å². The molecule has 0 saturated carbocycles. The summed E-state index contributed by atoms with van der Waals surface area (Å²) >= 11 is 0. The van der Waals surface area contributed by atoms with Gasteiger partial charge in [-0.1, -0.05) is 25.0 Å². The number of hydrazine groups is 1. The standard InChI is InChI=1S/C21H30N6O2S/c1-15-21(16(2)23-22-15)30(28,29)26-18-9-7-8-17(14-18)19-10-11-20(25-24-19)27-12-5-3-4-6-13-27/h7-11,14-16,21-23,26H,3-6,12-13H2,1-2H3. The van der Waals surface area contributed by atoms with Gasteiger partial charge in [0.25, 0.3) is 0 Å². The summed E-state index contributed by atoms with van der Waals surface area (Å²) in [5, 5.41) is 8.27. The minimum Gasteiger partial charge on any atom is -0.355 e. The Balaban J connectivity index is 1.50. The molecule has 2 fully saturated rings. The largest absolute Gasteiger partial charge is 0.355 e. The van der Waals surface area contributed by atoms with Gasteiger partial charge in [0.2, 0.25) is 10.0 Å². The molecule has 8 nitrogen and oxygen atoms in total. The summed E-state index contributed by atoms with van der Waals surface area (Å²) in [6, 6.07) is 10.9. The van der Waals surface area contributed by atoms with E-state index < -0.39 is 15.3 Å². The Morgan fingerprint density at radius 1 is 0.967 bits per heavy atom. The third kappa shape index (κ3) is 4.58. The summed E-state index contributed by atoms with van der Waals surface area (Å²) in [6.45, 7) is 5.76. The molecule has 0 bridgehead atoms. The van der Waals surface area contributed by atoms with Crippen molar-refractivity contribution in [2.75, 3.05) is 22.7 Å². The first kappa shape index (κ1) is 21.0. The Morgan fingerprint density at radius 2 is 1.67 bits per heavy atom. The van der Waals surface area contributed by atoms with Crippen molar-refractivity contribution >= 4 is 21.5 Å². The van der Waals surface area contributed by atoms with Crippen LogP contribution in [0, 0.1) is 0 Å². The van der Waals surface area contributed by atoms with Gasteiger partial charge >= 0.3 is 0 Å². The van der Waals surface area contributed by atoms with Crippen molar-refractivity contribution in [2.24, 2.45) is 0 Å². The fraction of sp³-hybridized carbons (Fsp3) is 0.524. The van der Waals surface area contributed by atoms with E-state index in [9.17, 15) is 8.42 Å². The molecule has 162 valence electrons. The van der Waals surface area contributed by atoms with Gasteiger partial charge in [0, 0.05) is 36.4 Å². The normalized spacial score (nSPS) is 25.1. The van der Waals surface area contributed by atoms with E-state index in [-0.39, 0.29) is 12.1 Å². The van der Waals surface area contributed by atoms with E-state index in [0.29, 0.717) is 5.69 Å². The highest BCUT2D eigenvalue weighted by molar-refractivity contribution is 7.93. The maximum atomic E-state index is 12.9. The second-order valence-electron chi connectivity index (χ2n) is 8.24. The van der Waals surface area contributed by atoms with E-state index in [1.165, 1.54) is 25.7 Å². The quantitative estimate of drug-likeness (QED) is 0.670. The van der Waals surface area contributed by atoms with Crippen LogP contribution in [0.3, 0.4) is 0 Å². The Kier molecular flexibility index (Phi) is 6.21. The Bertz CT molecular complexity index is 948. The molecule has 1 aromatic carbocycles. The Labute approximate surface area is 178 Å². The van der Waals surface area contributed by atoms with Crippen LogP contribution in [-0.2, 0) is 10.0 Å². The number of sulfonamides is 1. The molecule has 1 aromatic heterocycles.